The molecule has 0 amide bonds. The smallest absolute Gasteiger partial charge is 0.341 e. The van der Waals surface area contributed by atoms with Crippen molar-refractivity contribution in [3.05, 3.63) is 23.6 Å². The van der Waals surface area contributed by atoms with Gasteiger partial charge in [0.25, 0.3) is 0 Å². The highest BCUT2D eigenvalue weighted by atomic mass is 19.1. The number of halogens is 1. The summed E-state index contributed by atoms with van der Waals surface area (Å²) in [7, 11) is 4.58. The Balaban J connectivity index is 3.10. The molecule has 0 saturated carbocycles. The van der Waals surface area contributed by atoms with Crippen LogP contribution in [0, 0.1) is 5.82 Å². The minimum Gasteiger partial charge on any atom is -0.465 e. The van der Waals surface area contributed by atoms with Gasteiger partial charge in [-0.2, -0.15) is 0 Å². The molecule has 0 atom stereocenters. The van der Waals surface area contributed by atoms with Crippen molar-refractivity contribution < 1.29 is 13.9 Å². The number of carbonyl (C=O) groups excluding carboxylic acids is 1. The number of hydrogen-bond donors (Lipinski definition) is 1. The van der Waals surface area contributed by atoms with E-state index in [1.807, 2.05) is 0 Å². The predicted molar refractivity (Wildman–Crippen MR) is 53.0 cm³/mol. The van der Waals surface area contributed by atoms with Crippen molar-refractivity contribution in [3.8, 4) is 0 Å². The molecule has 1 aromatic rings. The molecule has 0 aliphatic heterocycles. The first-order valence-electron chi connectivity index (χ1n) is 4.25. The lowest BCUT2D eigenvalue weighted by atomic mass is 10.2. The fraction of sp³-hybridized carbons (Fsp3) is 0.333. The van der Waals surface area contributed by atoms with E-state index < -0.39 is 11.8 Å². The molecule has 0 aromatic carbocycles. The highest BCUT2D eigenvalue weighted by Gasteiger charge is 2.14. The first kappa shape index (κ1) is 11.4. The maximum absolute atomic E-state index is 13.2. The second-order valence-corrected chi connectivity index (χ2v) is 2.80. The average Bonchev–Trinajstić information content (AvgIpc) is 2.27. The largest absolute Gasteiger partial charge is 0.465 e. The Kier molecular flexibility index (Phi) is 3.56. The summed E-state index contributed by atoms with van der Waals surface area (Å²) in [6, 6.07) is 1.32. The molecule has 15 heavy (non-hydrogen) atoms. The van der Waals surface area contributed by atoms with Crippen molar-refractivity contribution in [1.82, 2.24) is 10.4 Å². The molecule has 0 unspecified atom stereocenters. The van der Waals surface area contributed by atoms with Crippen molar-refractivity contribution >= 4 is 11.8 Å². The second kappa shape index (κ2) is 4.70. The van der Waals surface area contributed by atoms with E-state index in [-0.39, 0.29) is 5.56 Å². The van der Waals surface area contributed by atoms with Crippen LogP contribution >= 0.6 is 0 Å². The van der Waals surface area contributed by atoms with Crippen LogP contribution in [0.25, 0.3) is 0 Å². The van der Waals surface area contributed by atoms with Gasteiger partial charge < -0.3 is 4.74 Å². The van der Waals surface area contributed by atoms with E-state index in [1.165, 1.54) is 13.2 Å². The number of rotatable bonds is 3. The fourth-order valence-electron chi connectivity index (χ4n) is 0.992. The van der Waals surface area contributed by atoms with E-state index in [4.69, 9.17) is 0 Å². The predicted octanol–water partition coefficient (Wildman–Crippen LogP) is 0.578. The summed E-state index contributed by atoms with van der Waals surface area (Å²) < 4.78 is 17.6. The Morgan fingerprint density at radius 2 is 2.33 bits per heavy atom. The zero-order chi connectivity index (χ0) is 11.4. The third-order valence-electron chi connectivity index (χ3n) is 1.93. The number of methoxy groups -OCH3 is 1. The van der Waals surface area contributed by atoms with Crippen molar-refractivity contribution in [1.29, 1.82) is 0 Å². The minimum atomic E-state index is -0.722. The Morgan fingerprint density at radius 3 is 2.87 bits per heavy atom. The van der Waals surface area contributed by atoms with Crippen LogP contribution in [-0.4, -0.2) is 32.2 Å². The number of pyridine rings is 1. The zero-order valence-electron chi connectivity index (χ0n) is 8.74. The molecule has 5 nitrogen and oxygen atoms in total. The lowest BCUT2D eigenvalue weighted by Gasteiger charge is -2.16. The fourth-order valence-corrected chi connectivity index (χ4v) is 0.992. The number of hydrazine groups is 1. The third-order valence-corrected chi connectivity index (χ3v) is 1.93. The average molecular weight is 213 g/mol. The van der Waals surface area contributed by atoms with Gasteiger partial charge >= 0.3 is 5.97 Å². The molecule has 82 valence electrons. The van der Waals surface area contributed by atoms with Gasteiger partial charge in [0.05, 0.1) is 13.3 Å². The van der Waals surface area contributed by atoms with Gasteiger partial charge in [-0.15, -0.1) is 0 Å². The Hall–Kier alpha value is -1.69. The molecule has 1 N–H and O–H groups in total. The van der Waals surface area contributed by atoms with Gasteiger partial charge in [0.1, 0.15) is 11.4 Å². The number of carbonyl (C=O) groups is 1. The van der Waals surface area contributed by atoms with E-state index in [1.54, 1.807) is 19.1 Å². The van der Waals surface area contributed by atoms with Crippen LogP contribution in [0.5, 0.6) is 0 Å². The van der Waals surface area contributed by atoms with Crippen molar-refractivity contribution in [3.63, 3.8) is 0 Å². The lowest BCUT2D eigenvalue weighted by molar-refractivity contribution is 0.0595. The molecule has 0 radical (unpaired) electrons. The van der Waals surface area contributed by atoms with Crippen LogP contribution in [0.2, 0.25) is 0 Å². The summed E-state index contributed by atoms with van der Waals surface area (Å²) in [5.41, 5.74) is 2.65. The van der Waals surface area contributed by atoms with Crippen LogP contribution in [0.1, 0.15) is 10.4 Å². The molecular weight excluding hydrogens is 201 g/mol. The van der Waals surface area contributed by atoms with Crippen LogP contribution in [0.4, 0.5) is 10.2 Å². The van der Waals surface area contributed by atoms with E-state index >= 15 is 0 Å². The van der Waals surface area contributed by atoms with Crippen molar-refractivity contribution in [2.75, 3.05) is 26.2 Å². The molecule has 1 heterocycles. The highest BCUT2D eigenvalue weighted by molar-refractivity contribution is 5.90. The topological polar surface area (TPSA) is 54.5 Å². The first-order valence-corrected chi connectivity index (χ1v) is 4.25. The summed E-state index contributed by atoms with van der Waals surface area (Å²) >= 11 is 0. The maximum atomic E-state index is 13.2. The Labute approximate surface area is 86.8 Å². The summed E-state index contributed by atoms with van der Waals surface area (Å²) in [6.45, 7) is 0. The Morgan fingerprint density at radius 1 is 1.67 bits per heavy atom. The number of nitrogens with zero attached hydrogens (tertiary/aromatic N) is 2. The van der Waals surface area contributed by atoms with Crippen LogP contribution in [0.3, 0.4) is 0 Å². The molecule has 0 saturated heterocycles. The van der Waals surface area contributed by atoms with Crippen LogP contribution in [-0.2, 0) is 4.74 Å². The molecule has 0 aliphatic carbocycles. The van der Waals surface area contributed by atoms with Gasteiger partial charge in [-0.25, -0.2) is 19.6 Å². The number of anilines is 1. The van der Waals surface area contributed by atoms with E-state index in [0.717, 1.165) is 6.20 Å². The van der Waals surface area contributed by atoms with E-state index in [0.29, 0.717) is 5.82 Å². The highest BCUT2D eigenvalue weighted by Crippen LogP contribution is 2.14. The standard InChI is InChI=1S/C9H12FN3O2/c1-11-13(2)8-4-6(9(14)15-3)7(10)5-12-8/h4-5,11H,1-3H3. The zero-order valence-corrected chi connectivity index (χ0v) is 8.74. The van der Waals surface area contributed by atoms with Gasteiger partial charge in [-0.1, -0.05) is 0 Å². The molecule has 0 spiro atoms. The van der Waals surface area contributed by atoms with Crippen molar-refractivity contribution in [2.45, 2.75) is 0 Å². The van der Waals surface area contributed by atoms with Gasteiger partial charge in [0, 0.05) is 14.1 Å². The minimum absolute atomic E-state index is 0.135. The maximum Gasteiger partial charge on any atom is 0.341 e. The van der Waals surface area contributed by atoms with E-state index in [2.05, 4.69) is 15.1 Å². The molecular formula is C9H12FN3O2. The summed E-state index contributed by atoms with van der Waals surface area (Å²) in [6.07, 6.45) is 0.982. The summed E-state index contributed by atoms with van der Waals surface area (Å²) in [4.78, 5) is 15.0. The molecule has 0 bridgehead atoms. The Bertz CT molecular complexity index is 370. The third kappa shape index (κ3) is 2.41. The molecule has 0 fully saturated rings. The molecule has 6 heteroatoms. The quantitative estimate of drug-likeness (QED) is 0.588. The van der Waals surface area contributed by atoms with E-state index in [9.17, 15) is 9.18 Å². The second-order valence-electron chi connectivity index (χ2n) is 2.80. The summed E-state index contributed by atoms with van der Waals surface area (Å²) in [5.74, 6) is -0.991. The van der Waals surface area contributed by atoms with Gasteiger partial charge in [-0.3, -0.25) is 5.01 Å². The molecule has 1 rings (SSSR count). The SMILES string of the molecule is CNN(C)c1cc(C(=O)OC)c(F)cn1. The summed E-state index contributed by atoms with van der Waals surface area (Å²) in [5, 5.41) is 1.55. The number of nitrogens with one attached hydrogen (secondary N) is 1. The van der Waals surface area contributed by atoms with Gasteiger partial charge in [0.2, 0.25) is 0 Å². The monoisotopic (exact) mass is 213 g/mol. The molecule has 1 aromatic heterocycles. The lowest BCUT2D eigenvalue weighted by Crippen LogP contribution is -2.31. The van der Waals surface area contributed by atoms with Crippen LogP contribution < -0.4 is 10.4 Å². The number of ether oxygens (including phenoxy) is 1. The molecule has 0 aliphatic rings. The van der Waals surface area contributed by atoms with Crippen LogP contribution in [0.15, 0.2) is 12.3 Å². The van der Waals surface area contributed by atoms with Gasteiger partial charge in [0.15, 0.2) is 5.82 Å². The number of aromatic nitrogens is 1. The van der Waals surface area contributed by atoms with Gasteiger partial charge in [-0.05, 0) is 6.07 Å². The van der Waals surface area contributed by atoms with Crippen molar-refractivity contribution in [2.24, 2.45) is 0 Å². The first-order chi connectivity index (χ1) is 7.10. The number of hydrogen-bond acceptors (Lipinski definition) is 5. The normalized spacial score (nSPS) is 9.87. The number of esters is 1.